The number of para-hydroxylation sites is 2. The first-order chi connectivity index (χ1) is 12.5. The maximum atomic E-state index is 12.5. The topological polar surface area (TPSA) is 84.1 Å². The van der Waals surface area contributed by atoms with Crippen LogP contribution < -0.4 is 10.1 Å². The summed E-state index contributed by atoms with van der Waals surface area (Å²) in [6.07, 6.45) is 0.120. The molecular weight excluding hydrogens is 330 g/mol. The van der Waals surface area contributed by atoms with Crippen LogP contribution in [0, 0.1) is 0 Å². The Morgan fingerprint density at radius 3 is 2.69 bits per heavy atom. The van der Waals surface area contributed by atoms with Gasteiger partial charge in [0.15, 0.2) is 5.78 Å². The highest BCUT2D eigenvalue weighted by Crippen LogP contribution is 2.21. The normalized spacial score (nSPS) is 12.0. The molecule has 6 nitrogen and oxygen atoms in total. The van der Waals surface area contributed by atoms with Crippen LogP contribution >= 0.6 is 0 Å². The molecule has 0 unspecified atom stereocenters. The summed E-state index contributed by atoms with van der Waals surface area (Å²) in [5.74, 6) is 1.06. The smallest absolute Gasteiger partial charge is 0.225 e. The molecule has 2 aromatic carbocycles. The van der Waals surface area contributed by atoms with Crippen molar-refractivity contribution in [2.24, 2.45) is 0 Å². The van der Waals surface area contributed by atoms with E-state index in [1.807, 2.05) is 31.2 Å². The number of imidazole rings is 1. The van der Waals surface area contributed by atoms with Crippen molar-refractivity contribution in [2.45, 2.75) is 26.3 Å². The van der Waals surface area contributed by atoms with Gasteiger partial charge in [0, 0.05) is 11.1 Å². The van der Waals surface area contributed by atoms with Crippen LogP contribution in [0.25, 0.3) is 11.0 Å². The van der Waals surface area contributed by atoms with Crippen LogP contribution in [0.1, 0.15) is 41.6 Å². The molecule has 0 aliphatic heterocycles. The fourth-order valence-corrected chi connectivity index (χ4v) is 2.85. The molecule has 0 fully saturated rings. The molecule has 0 saturated carbocycles. The lowest BCUT2D eigenvalue weighted by atomic mass is 10.0. The largest absolute Gasteiger partial charge is 0.496 e. The van der Waals surface area contributed by atoms with Gasteiger partial charge in [0.1, 0.15) is 11.6 Å². The van der Waals surface area contributed by atoms with E-state index in [0.717, 1.165) is 11.0 Å². The molecule has 1 amide bonds. The van der Waals surface area contributed by atoms with Crippen LogP contribution in [0.3, 0.4) is 0 Å². The lowest BCUT2D eigenvalue weighted by molar-refractivity contribution is -0.121. The summed E-state index contributed by atoms with van der Waals surface area (Å²) < 4.78 is 5.30. The fourth-order valence-electron chi connectivity index (χ4n) is 2.85. The Kier molecular flexibility index (Phi) is 5.02. The van der Waals surface area contributed by atoms with Gasteiger partial charge in [-0.25, -0.2) is 4.98 Å². The number of Topliss-reactive ketones (excluding diaryl/α,β-unsaturated/α-hetero) is 1. The highest BCUT2D eigenvalue weighted by molar-refractivity contribution is 5.94. The number of carbonyl (C=O) groups excluding carboxylic acids is 2. The number of aromatic nitrogens is 2. The summed E-state index contributed by atoms with van der Waals surface area (Å²) in [6, 6.07) is 12.6. The van der Waals surface area contributed by atoms with E-state index in [1.165, 1.54) is 6.92 Å². The average molecular weight is 351 g/mol. The van der Waals surface area contributed by atoms with Gasteiger partial charge >= 0.3 is 0 Å². The Bertz CT molecular complexity index is 929. The van der Waals surface area contributed by atoms with Crippen molar-refractivity contribution in [3.05, 3.63) is 59.4 Å². The summed E-state index contributed by atoms with van der Waals surface area (Å²) in [7, 11) is 1.54. The van der Waals surface area contributed by atoms with Crippen molar-refractivity contribution in [3.63, 3.8) is 0 Å². The Labute approximate surface area is 151 Å². The van der Waals surface area contributed by atoms with Gasteiger partial charge < -0.3 is 15.0 Å². The quantitative estimate of drug-likeness (QED) is 0.668. The monoisotopic (exact) mass is 351 g/mol. The van der Waals surface area contributed by atoms with Crippen molar-refractivity contribution < 1.29 is 14.3 Å². The SMILES string of the molecule is COc1ccc(C(C)=O)cc1CC(=O)N[C@H](C)c1nc2ccccc2[nH]1. The number of H-pyrrole nitrogens is 1. The van der Waals surface area contributed by atoms with Gasteiger partial charge in [-0.15, -0.1) is 0 Å². The molecule has 6 heteroatoms. The zero-order chi connectivity index (χ0) is 18.7. The van der Waals surface area contributed by atoms with Crippen LogP contribution in [-0.4, -0.2) is 28.8 Å². The van der Waals surface area contributed by atoms with Crippen LogP contribution in [-0.2, 0) is 11.2 Å². The van der Waals surface area contributed by atoms with Gasteiger partial charge in [-0.3, -0.25) is 9.59 Å². The Morgan fingerprint density at radius 2 is 2.00 bits per heavy atom. The van der Waals surface area contributed by atoms with E-state index in [9.17, 15) is 9.59 Å². The Hall–Kier alpha value is -3.15. The third kappa shape index (κ3) is 3.74. The van der Waals surface area contributed by atoms with E-state index in [-0.39, 0.29) is 24.2 Å². The minimum atomic E-state index is -0.267. The second-order valence-corrected chi connectivity index (χ2v) is 6.19. The van der Waals surface area contributed by atoms with E-state index in [4.69, 9.17) is 4.74 Å². The average Bonchev–Trinajstić information content (AvgIpc) is 3.05. The van der Waals surface area contributed by atoms with Gasteiger partial charge in [0.25, 0.3) is 0 Å². The van der Waals surface area contributed by atoms with Gasteiger partial charge in [-0.05, 0) is 44.2 Å². The van der Waals surface area contributed by atoms with E-state index in [0.29, 0.717) is 22.7 Å². The number of nitrogens with one attached hydrogen (secondary N) is 2. The molecule has 0 aliphatic carbocycles. The van der Waals surface area contributed by atoms with E-state index in [2.05, 4.69) is 15.3 Å². The summed E-state index contributed by atoms with van der Waals surface area (Å²) in [5, 5.41) is 2.93. The summed E-state index contributed by atoms with van der Waals surface area (Å²) in [6.45, 7) is 3.37. The van der Waals surface area contributed by atoms with Crippen molar-refractivity contribution >= 4 is 22.7 Å². The van der Waals surface area contributed by atoms with Gasteiger partial charge in [-0.2, -0.15) is 0 Å². The predicted molar refractivity (Wildman–Crippen MR) is 99.4 cm³/mol. The zero-order valence-electron chi connectivity index (χ0n) is 15.0. The number of aromatic amines is 1. The fraction of sp³-hybridized carbons (Fsp3) is 0.250. The number of methoxy groups -OCH3 is 1. The molecule has 0 spiro atoms. The second-order valence-electron chi connectivity index (χ2n) is 6.19. The summed E-state index contributed by atoms with van der Waals surface area (Å²) in [5.41, 5.74) is 3.02. The molecule has 0 bridgehead atoms. The van der Waals surface area contributed by atoms with Crippen molar-refractivity contribution in [1.82, 2.24) is 15.3 Å². The molecule has 0 saturated heterocycles. The molecule has 0 aliphatic rings. The molecular formula is C20H21N3O3. The van der Waals surface area contributed by atoms with E-state index in [1.54, 1.807) is 25.3 Å². The number of carbonyl (C=O) groups is 2. The first-order valence-corrected chi connectivity index (χ1v) is 8.40. The highest BCUT2D eigenvalue weighted by atomic mass is 16.5. The third-order valence-corrected chi connectivity index (χ3v) is 4.23. The van der Waals surface area contributed by atoms with E-state index < -0.39 is 0 Å². The Morgan fingerprint density at radius 1 is 1.23 bits per heavy atom. The molecule has 134 valence electrons. The summed E-state index contributed by atoms with van der Waals surface area (Å²) >= 11 is 0. The minimum Gasteiger partial charge on any atom is -0.496 e. The van der Waals surface area contributed by atoms with Crippen molar-refractivity contribution in [3.8, 4) is 5.75 Å². The number of ketones is 1. The molecule has 26 heavy (non-hydrogen) atoms. The second kappa shape index (κ2) is 7.39. The first kappa shape index (κ1) is 17.7. The lowest BCUT2D eigenvalue weighted by Gasteiger charge is -2.13. The number of nitrogens with zero attached hydrogens (tertiary/aromatic N) is 1. The molecule has 0 radical (unpaired) electrons. The van der Waals surface area contributed by atoms with Gasteiger partial charge in [-0.1, -0.05) is 12.1 Å². The van der Waals surface area contributed by atoms with Gasteiger partial charge in [0.05, 0.1) is 30.6 Å². The highest BCUT2D eigenvalue weighted by Gasteiger charge is 2.16. The number of ether oxygens (including phenoxy) is 1. The maximum absolute atomic E-state index is 12.5. The number of hydrogen-bond acceptors (Lipinski definition) is 4. The number of hydrogen-bond donors (Lipinski definition) is 2. The standard InChI is InChI=1S/C20H21N3O3/c1-12(20-22-16-6-4-5-7-17(16)23-20)21-19(25)11-15-10-14(13(2)24)8-9-18(15)26-3/h4-10,12H,11H2,1-3H3,(H,21,25)(H,22,23)/t12-/m1/s1. The maximum Gasteiger partial charge on any atom is 0.225 e. The number of rotatable bonds is 6. The number of amides is 1. The molecule has 1 atom stereocenters. The summed E-state index contributed by atoms with van der Waals surface area (Å²) in [4.78, 5) is 31.8. The molecule has 2 N–H and O–H groups in total. The predicted octanol–water partition coefficient (Wildman–Crippen LogP) is 3.19. The third-order valence-electron chi connectivity index (χ3n) is 4.23. The van der Waals surface area contributed by atoms with Crippen LogP contribution in [0.4, 0.5) is 0 Å². The number of fused-ring (bicyclic) bond motifs is 1. The zero-order valence-corrected chi connectivity index (χ0v) is 15.0. The van der Waals surface area contributed by atoms with Crippen LogP contribution in [0.2, 0.25) is 0 Å². The Balaban J connectivity index is 1.73. The van der Waals surface area contributed by atoms with E-state index >= 15 is 0 Å². The molecule has 1 aromatic heterocycles. The number of benzene rings is 2. The lowest BCUT2D eigenvalue weighted by Crippen LogP contribution is -2.29. The minimum absolute atomic E-state index is 0.0510. The van der Waals surface area contributed by atoms with Crippen molar-refractivity contribution in [2.75, 3.05) is 7.11 Å². The first-order valence-electron chi connectivity index (χ1n) is 8.40. The molecule has 3 rings (SSSR count). The van der Waals surface area contributed by atoms with Crippen molar-refractivity contribution in [1.29, 1.82) is 0 Å². The molecule has 1 heterocycles. The van der Waals surface area contributed by atoms with Crippen LogP contribution in [0.5, 0.6) is 5.75 Å². The molecule has 3 aromatic rings. The van der Waals surface area contributed by atoms with Gasteiger partial charge in [0.2, 0.25) is 5.91 Å². The van der Waals surface area contributed by atoms with Crippen LogP contribution in [0.15, 0.2) is 42.5 Å².